The van der Waals surface area contributed by atoms with Gasteiger partial charge in [-0.2, -0.15) is 5.26 Å². The molecule has 18 heavy (non-hydrogen) atoms. The summed E-state index contributed by atoms with van der Waals surface area (Å²) >= 11 is 3.45. The molecule has 0 spiro atoms. The molecule has 1 N–H and O–H groups in total. The number of nitriles is 1. The number of nitrogens with zero attached hydrogens (tertiary/aromatic N) is 2. The minimum absolute atomic E-state index is 0.0346. The van der Waals surface area contributed by atoms with Gasteiger partial charge in [-0.25, -0.2) is 0 Å². The third-order valence-electron chi connectivity index (χ3n) is 3.15. The number of anilines is 1. The Morgan fingerprint density at radius 1 is 1.44 bits per heavy atom. The molecule has 1 aliphatic heterocycles. The van der Waals surface area contributed by atoms with Gasteiger partial charge in [-0.05, 0) is 38.1 Å². The predicted octanol–water partition coefficient (Wildman–Crippen LogP) is 2.92. The Bertz CT molecular complexity index is 447. The average Bonchev–Trinajstić information content (AvgIpc) is 2.28. The van der Waals surface area contributed by atoms with E-state index >= 15 is 0 Å². The van der Waals surface area contributed by atoms with Crippen LogP contribution in [0.3, 0.4) is 0 Å². The molecule has 0 radical (unpaired) electrons. The molecule has 96 valence electrons. The molecule has 1 aromatic rings. The van der Waals surface area contributed by atoms with Gasteiger partial charge in [-0.1, -0.05) is 15.9 Å². The van der Waals surface area contributed by atoms with Gasteiger partial charge in [0.15, 0.2) is 0 Å². The number of rotatable bonds is 2. The Morgan fingerprint density at radius 3 is 2.72 bits per heavy atom. The summed E-state index contributed by atoms with van der Waals surface area (Å²) in [7, 11) is 0. The SMILES string of the molecule is CC1(C)CN(c2ccc(Br)cc2)CC(CC#N)N1. The highest BCUT2D eigenvalue weighted by Gasteiger charge is 2.31. The Hall–Kier alpha value is -1.05. The summed E-state index contributed by atoms with van der Waals surface area (Å²) < 4.78 is 1.09. The van der Waals surface area contributed by atoms with Gasteiger partial charge in [0.05, 0.1) is 12.5 Å². The highest BCUT2D eigenvalue weighted by atomic mass is 79.9. The number of nitrogens with one attached hydrogen (secondary N) is 1. The van der Waals surface area contributed by atoms with E-state index in [9.17, 15) is 0 Å². The average molecular weight is 308 g/mol. The van der Waals surface area contributed by atoms with Crippen LogP contribution in [0.15, 0.2) is 28.7 Å². The van der Waals surface area contributed by atoms with Crippen molar-refractivity contribution in [2.75, 3.05) is 18.0 Å². The van der Waals surface area contributed by atoms with E-state index in [0.717, 1.165) is 17.6 Å². The fourth-order valence-corrected chi connectivity index (χ4v) is 2.79. The molecule has 1 heterocycles. The van der Waals surface area contributed by atoms with Crippen LogP contribution in [0.4, 0.5) is 5.69 Å². The molecule has 1 aromatic carbocycles. The molecular formula is C14H18BrN3. The monoisotopic (exact) mass is 307 g/mol. The molecule has 2 rings (SSSR count). The van der Waals surface area contributed by atoms with Crippen molar-refractivity contribution in [3.8, 4) is 6.07 Å². The van der Waals surface area contributed by atoms with Crippen molar-refractivity contribution in [2.24, 2.45) is 0 Å². The second kappa shape index (κ2) is 5.29. The lowest BCUT2D eigenvalue weighted by Crippen LogP contribution is -2.62. The van der Waals surface area contributed by atoms with Gasteiger partial charge < -0.3 is 10.2 Å². The zero-order chi connectivity index (χ0) is 13.2. The van der Waals surface area contributed by atoms with Crippen LogP contribution in [0.2, 0.25) is 0 Å². The summed E-state index contributed by atoms with van der Waals surface area (Å²) in [6, 6.07) is 10.9. The Balaban J connectivity index is 2.17. The molecule has 0 amide bonds. The second-order valence-electron chi connectivity index (χ2n) is 5.44. The Morgan fingerprint density at radius 2 is 2.11 bits per heavy atom. The quantitative estimate of drug-likeness (QED) is 0.913. The predicted molar refractivity (Wildman–Crippen MR) is 77.6 cm³/mol. The van der Waals surface area contributed by atoms with Crippen LogP contribution in [-0.2, 0) is 0 Å². The van der Waals surface area contributed by atoms with Gasteiger partial charge in [0, 0.05) is 34.8 Å². The van der Waals surface area contributed by atoms with Crippen molar-refractivity contribution in [3.63, 3.8) is 0 Å². The normalized spacial score (nSPS) is 22.6. The summed E-state index contributed by atoms with van der Waals surface area (Å²) in [4.78, 5) is 2.35. The minimum atomic E-state index is 0.0346. The maximum atomic E-state index is 8.87. The first-order valence-corrected chi connectivity index (χ1v) is 6.95. The van der Waals surface area contributed by atoms with Crippen molar-refractivity contribution < 1.29 is 0 Å². The summed E-state index contributed by atoms with van der Waals surface area (Å²) in [6.07, 6.45) is 0.552. The fraction of sp³-hybridized carbons (Fsp3) is 0.500. The summed E-state index contributed by atoms with van der Waals surface area (Å²) in [5.74, 6) is 0. The highest BCUT2D eigenvalue weighted by molar-refractivity contribution is 9.10. The summed E-state index contributed by atoms with van der Waals surface area (Å²) in [5.41, 5.74) is 1.25. The number of piperazine rings is 1. The molecule has 3 nitrogen and oxygen atoms in total. The molecule has 0 aliphatic carbocycles. The van der Waals surface area contributed by atoms with Crippen LogP contribution in [0, 0.1) is 11.3 Å². The Labute approximate surface area is 117 Å². The third kappa shape index (κ3) is 3.24. The van der Waals surface area contributed by atoms with Gasteiger partial charge in [0.2, 0.25) is 0 Å². The van der Waals surface area contributed by atoms with E-state index < -0.39 is 0 Å². The van der Waals surface area contributed by atoms with Crippen molar-refractivity contribution in [3.05, 3.63) is 28.7 Å². The second-order valence-corrected chi connectivity index (χ2v) is 6.36. The van der Waals surface area contributed by atoms with E-state index in [1.165, 1.54) is 5.69 Å². The molecule has 1 unspecified atom stereocenters. The van der Waals surface area contributed by atoms with Crippen LogP contribution in [0.25, 0.3) is 0 Å². The largest absolute Gasteiger partial charge is 0.368 e. The number of hydrogen-bond acceptors (Lipinski definition) is 3. The topological polar surface area (TPSA) is 39.1 Å². The van der Waals surface area contributed by atoms with Gasteiger partial charge >= 0.3 is 0 Å². The van der Waals surface area contributed by atoms with Crippen LogP contribution >= 0.6 is 15.9 Å². The molecular weight excluding hydrogens is 290 g/mol. The summed E-state index contributed by atoms with van der Waals surface area (Å²) in [5, 5.41) is 12.4. The van der Waals surface area contributed by atoms with Crippen LogP contribution in [0.5, 0.6) is 0 Å². The van der Waals surface area contributed by atoms with Gasteiger partial charge in [0.1, 0.15) is 0 Å². The van der Waals surface area contributed by atoms with Crippen molar-refractivity contribution in [1.29, 1.82) is 5.26 Å². The van der Waals surface area contributed by atoms with E-state index in [4.69, 9.17) is 5.26 Å². The zero-order valence-electron chi connectivity index (χ0n) is 10.8. The van der Waals surface area contributed by atoms with Crippen molar-refractivity contribution in [2.45, 2.75) is 31.8 Å². The maximum absolute atomic E-state index is 8.87. The van der Waals surface area contributed by atoms with Gasteiger partial charge in [-0.3, -0.25) is 0 Å². The third-order valence-corrected chi connectivity index (χ3v) is 3.68. The molecule has 1 fully saturated rings. The smallest absolute Gasteiger partial charge is 0.0638 e. The van der Waals surface area contributed by atoms with Gasteiger partial charge in [0.25, 0.3) is 0 Å². The molecule has 0 aromatic heterocycles. The molecule has 4 heteroatoms. The van der Waals surface area contributed by atoms with E-state index in [-0.39, 0.29) is 11.6 Å². The molecule has 1 atom stereocenters. The maximum Gasteiger partial charge on any atom is 0.0638 e. The minimum Gasteiger partial charge on any atom is -0.368 e. The molecule has 0 bridgehead atoms. The lowest BCUT2D eigenvalue weighted by atomic mass is 9.97. The van der Waals surface area contributed by atoms with Crippen molar-refractivity contribution in [1.82, 2.24) is 5.32 Å². The lowest BCUT2D eigenvalue weighted by Gasteiger charge is -2.44. The van der Waals surface area contributed by atoms with E-state index in [1.54, 1.807) is 0 Å². The first-order valence-electron chi connectivity index (χ1n) is 6.15. The van der Waals surface area contributed by atoms with Gasteiger partial charge in [-0.15, -0.1) is 0 Å². The number of benzene rings is 1. The summed E-state index contributed by atoms with van der Waals surface area (Å²) in [6.45, 7) is 6.21. The molecule has 1 saturated heterocycles. The van der Waals surface area contributed by atoms with Crippen LogP contribution < -0.4 is 10.2 Å². The van der Waals surface area contributed by atoms with E-state index in [1.807, 2.05) is 0 Å². The van der Waals surface area contributed by atoms with Crippen molar-refractivity contribution >= 4 is 21.6 Å². The van der Waals surface area contributed by atoms with E-state index in [2.05, 4.69) is 70.3 Å². The first kappa shape index (κ1) is 13.4. The van der Waals surface area contributed by atoms with E-state index in [0.29, 0.717) is 6.42 Å². The highest BCUT2D eigenvalue weighted by Crippen LogP contribution is 2.24. The first-order chi connectivity index (χ1) is 8.50. The number of hydrogen-bond donors (Lipinski definition) is 1. The van der Waals surface area contributed by atoms with Crippen LogP contribution in [-0.4, -0.2) is 24.7 Å². The Kier molecular flexibility index (Phi) is 3.94. The number of halogens is 1. The lowest BCUT2D eigenvalue weighted by molar-refractivity contribution is 0.291. The fourth-order valence-electron chi connectivity index (χ4n) is 2.53. The molecule has 1 aliphatic rings. The molecule has 0 saturated carbocycles. The van der Waals surface area contributed by atoms with Crippen LogP contribution in [0.1, 0.15) is 20.3 Å². The standard InChI is InChI=1S/C14H18BrN3/c1-14(2)10-18(9-12(17-14)7-8-16)13-5-3-11(15)4-6-13/h3-6,12,17H,7,9-10H2,1-2H3. The zero-order valence-corrected chi connectivity index (χ0v) is 12.4.